The predicted octanol–water partition coefficient (Wildman–Crippen LogP) is 9.54. The second-order valence-electron chi connectivity index (χ2n) is 7.69. The summed E-state index contributed by atoms with van der Waals surface area (Å²) in [6.45, 7) is 0. The van der Waals surface area contributed by atoms with Gasteiger partial charge in [0.2, 0.25) is 0 Å². The van der Waals surface area contributed by atoms with Crippen LogP contribution >= 0.6 is 50.7 Å². The number of halogens is 10. The zero-order valence-corrected chi connectivity index (χ0v) is 20.2. The number of Topliss-reactive ketones (excluding diaryl/α,β-unsaturated/α-hetero) is 1. The van der Waals surface area contributed by atoms with Crippen LogP contribution in [0.2, 0.25) is 15.1 Å². The summed E-state index contributed by atoms with van der Waals surface area (Å²) in [6.07, 6.45) is -7.16. The molecule has 3 unspecified atom stereocenters. The Bertz CT molecular complexity index is 1070. The summed E-state index contributed by atoms with van der Waals surface area (Å²) in [7, 11) is 0. The van der Waals surface area contributed by atoms with Gasteiger partial charge in [-0.05, 0) is 47.7 Å². The number of hydrogen-bond acceptors (Lipinski definition) is 1. The van der Waals surface area contributed by atoms with Crippen molar-refractivity contribution in [3.63, 3.8) is 0 Å². The van der Waals surface area contributed by atoms with Crippen LogP contribution in [0.5, 0.6) is 0 Å². The number of ketones is 1. The molecule has 0 amide bonds. The molecule has 0 spiro atoms. The van der Waals surface area contributed by atoms with Crippen LogP contribution in [0, 0.1) is 11.8 Å². The topological polar surface area (TPSA) is 17.1 Å². The zero-order chi connectivity index (χ0) is 24.7. The van der Waals surface area contributed by atoms with Gasteiger partial charge in [0.1, 0.15) is 0 Å². The van der Waals surface area contributed by atoms with Gasteiger partial charge < -0.3 is 0 Å². The van der Waals surface area contributed by atoms with Gasteiger partial charge in [0.25, 0.3) is 0 Å². The second-order valence-corrected chi connectivity index (χ2v) is 9.73. The first-order valence-corrected chi connectivity index (χ1v) is 11.4. The fourth-order valence-corrected chi connectivity index (χ4v) is 4.69. The van der Waals surface area contributed by atoms with Gasteiger partial charge in [-0.15, -0.1) is 0 Å². The van der Waals surface area contributed by atoms with Crippen LogP contribution < -0.4 is 0 Å². The average molecular weight is 595 g/mol. The molecule has 3 rings (SSSR count). The van der Waals surface area contributed by atoms with Crippen molar-refractivity contribution >= 4 is 62.6 Å². The van der Waals surface area contributed by atoms with E-state index in [0.29, 0.717) is 5.56 Å². The summed E-state index contributed by atoms with van der Waals surface area (Å²) in [4.78, 5) is 12.4. The highest BCUT2D eigenvalue weighted by atomic mass is 79.9. The third-order valence-corrected chi connectivity index (χ3v) is 7.14. The SMILES string of the molecule is O=C(CC1CC1C(F)(F)F)c1ccc(/C=C/C(c2cc(Cl)c(Cl)c(Cl)c2)C(F)(F)F)cc1Br. The van der Waals surface area contributed by atoms with Crippen molar-refractivity contribution in [2.75, 3.05) is 0 Å². The summed E-state index contributed by atoms with van der Waals surface area (Å²) in [6, 6.07) is 6.38. The van der Waals surface area contributed by atoms with Crippen LogP contribution in [0.3, 0.4) is 0 Å². The fraction of sp³-hybridized carbons (Fsp3) is 0.318. The van der Waals surface area contributed by atoms with Gasteiger partial charge in [-0.1, -0.05) is 69.0 Å². The first-order chi connectivity index (χ1) is 15.2. The molecule has 1 saturated carbocycles. The van der Waals surface area contributed by atoms with Crippen molar-refractivity contribution in [3.05, 3.63) is 72.6 Å². The molecule has 0 saturated heterocycles. The van der Waals surface area contributed by atoms with Crippen LogP contribution in [0.15, 0.2) is 40.9 Å². The van der Waals surface area contributed by atoms with Gasteiger partial charge in [0.15, 0.2) is 5.78 Å². The molecule has 0 aliphatic heterocycles. The van der Waals surface area contributed by atoms with E-state index in [-0.39, 0.29) is 43.5 Å². The summed E-state index contributed by atoms with van der Waals surface area (Å²) >= 11 is 20.7. The molecule has 1 nitrogen and oxygen atoms in total. The van der Waals surface area contributed by atoms with E-state index in [4.69, 9.17) is 34.8 Å². The molecule has 1 aliphatic rings. The maximum Gasteiger partial charge on any atom is 0.399 e. The molecule has 33 heavy (non-hydrogen) atoms. The Kier molecular flexibility index (Phi) is 7.83. The number of allylic oxidation sites excluding steroid dienone is 1. The Morgan fingerprint density at radius 2 is 1.67 bits per heavy atom. The van der Waals surface area contributed by atoms with Crippen LogP contribution in [-0.4, -0.2) is 18.1 Å². The highest BCUT2D eigenvalue weighted by Crippen LogP contribution is 2.52. The highest BCUT2D eigenvalue weighted by Gasteiger charge is 2.55. The van der Waals surface area contributed by atoms with Gasteiger partial charge in [-0.2, -0.15) is 26.3 Å². The smallest absolute Gasteiger partial charge is 0.294 e. The second kappa shape index (κ2) is 9.80. The molecule has 1 aliphatic carbocycles. The number of hydrogen-bond donors (Lipinski definition) is 0. The molecule has 0 bridgehead atoms. The predicted molar refractivity (Wildman–Crippen MR) is 120 cm³/mol. The Balaban J connectivity index is 1.78. The lowest BCUT2D eigenvalue weighted by atomic mass is 9.96. The minimum Gasteiger partial charge on any atom is -0.294 e. The normalized spacial score (nSPS) is 19.7. The number of carbonyl (C=O) groups is 1. The molecule has 0 N–H and O–H groups in total. The van der Waals surface area contributed by atoms with Gasteiger partial charge in [-0.25, -0.2) is 0 Å². The van der Waals surface area contributed by atoms with Crippen molar-refractivity contribution < 1.29 is 31.1 Å². The monoisotopic (exact) mass is 592 g/mol. The number of alkyl halides is 6. The van der Waals surface area contributed by atoms with Gasteiger partial charge >= 0.3 is 12.4 Å². The van der Waals surface area contributed by atoms with Crippen LogP contribution in [0.1, 0.15) is 40.2 Å². The quantitative estimate of drug-likeness (QED) is 0.185. The molecule has 178 valence electrons. The van der Waals surface area contributed by atoms with E-state index < -0.39 is 35.9 Å². The third-order valence-electron chi connectivity index (χ3n) is 5.28. The van der Waals surface area contributed by atoms with E-state index in [1.807, 2.05) is 0 Å². The number of carbonyl (C=O) groups excluding carboxylic acids is 1. The van der Waals surface area contributed by atoms with E-state index >= 15 is 0 Å². The Morgan fingerprint density at radius 1 is 1.06 bits per heavy atom. The largest absolute Gasteiger partial charge is 0.399 e. The van der Waals surface area contributed by atoms with Crippen molar-refractivity contribution in [2.24, 2.45) is 11.8 Å². The number of rotatable bonds is 6. The van der Waals surface area contributed by atoms with E-state index in [0.717, 1.165) is 18.2 Å². The molecule has 2 aromatic rings. The minimum absolute atomic E-state index is 0.0519. The van der Waals surface area contributed by atoms with Crippen molar-refractivity contribution in [1.82, 2.24) is 0 Å². The lowest BCUT2D eigenvalue weighted by Crippen LogP contribution is -2.19. The molecule has 11 heteroatoms. The highest BCUT2D eigenvalue weighted by molar-refractivity contribution is 9.10. The first kappa shape index (κ1) is 26.4. The molecular weight excluding hydrogens is 580 g/mol. The third kappa shape index (κ3) is 6.47. The van der Waals surface area contributed by atoms with Gasteiger partial charge in [0.05, 0.1) is 26.9 Å². The van der Waals surface area contributed by atoms with Crippen LogP contribution in [-0.2, 0) is 0 Å². The average Bonchev–Trinajstić information content (AvgIpc) is 3.44. The van der Waals surface area contributed by atoms with Crippen molar-refractivity contribution in [3.8, 4) is 0 Å². The molecule has 3 atom stereocenters. The Hall–Kier alpha value is -1.22. The van der Waals surface area contributed by atoms with Gasteiger partial charge in [0, 0.05) is 16.5 Å². The first-order valence-electron chi connectivity index (χ1n) is 9.47. The van der Waals surface area contributed by atoms with Gasteiger partial charge in [-0.3, -0.25) is 4.79 Å². The lowest BCUT2D eigenvalue weighted by Gasteiger charge is -2.18. The summed E-state index contributed by atoms with van der Waals surface area (Å²) in [5, 5.41) is -0.282. The molecule has 1 fully saturated rings. The molecule has 2 aromatic carbocycles. The molecular formula is C22H14BrCl3F6O. The van der Waals surface area contributed by atoms with E-state index in [1.165, 1.54) is 24.3 Å². The Labute approximate surface area is 208 Å². The zero-order valence-electron chi connectivity index (χ0n) is 16.4. The summed E-state index contributed by atoms with van der Waals surface area (Å²) in [5.74, 6) is -4.70. The van der Waals surface area contributed by atoms with Crippen molar-refractivity contribution in [1.29, 1.82) is 0 Å². The minimum atomic E-state index is -4.65. The van der Waals surface area contributed by atoms with E-state index in [9.17, 15) is 31.1 Å². The standard InChI is InChI=1S/C22H14BrCl3F6O/c23-16-5-10(1-3-13(16)19(33)9-11-6-15(11)22(30,31)32)2-4-14(21(27,28)29)12-7-17(24)20(26)18(25)8-12/h1-5,7-8,11,14-15H,6,9H2/b4-2+. The molecule has 0 aromatic heterocycles. The molecule has 0 radical (unpaired) electrons. The summed E-state index contributed by atoms with van der Waals surface area (Å²) in [5.41, 5.74) is 0.315. The number of benzene rings is 2. The van der Waals surface area contributed by atoms with Crippen LogP contribution in [0.25, 0.3) is 6.08 Å². The van der Waals surface area contributed by atoms with Crippen molar-refractivity contribution in [2.45, 2.75) is 31.1 Å². The summed E-state index contributed by atoms with van der Waals surface area (Å²) < 4.78 is 79.3. The maximum atomic E-state index is 13.7. The Morgan fingerprint density at radius 3 is 2.15 bits per heavy atom. The fourth-order valence-electron chi connectivity index (χ4n) is 3.45. The van der Waals surface area contributed by atoms with Crippen LogP contribution in [0.4, 0.5) is 26.3 Å². The molecule has 0 heterocycles. The van der Waals surface area contributed by atoms with E-state index in [2.05, 4.69) is 15.9 Å². The lowest BCUT2D eigenvalue weighted by molar-refractivity contribution is -0.150. The maximum absolute atomic E-state index is 13.7. The van der Waals surface area contributed by atoms with E-state index in [1.54, 1.807) is 0 Å².